The molecule has 2 aromatic heterocycles. The lowest BCUT2D eigenvalue weighted by Crippen LogP contribution is -2.31. The summed E-state index contributed by atoms with van der Waals surface area (Å²) < 4.78 is 34.1. The molecule has 0 atom stereocenters. The number of sulfonamides is 1. The van der Waals surface area contributed by atoms with E-state index in [1.807, 2.05) is 60.7 Å². The van der Waals surface area contributed by atoms with Gasteiger partial charge in [-0.3, -0.25) is 0 Å². The molecule has 9 heteroatoms. The molecule has 0 saturated carbocycles. The van der Waals surface area contributed by atoms with E-state index >= 15 is 0 Å². The molecule has 2 heterocycles. The summed E-state index contributed by atoms with van der Waals surface area (Å²) in [5.74, 6) is 1.00. The minimum Gasteiger partial charge on any atom is -0.475 e. The smallest absolute Gasteiger partial charge is 0.231 e. The van der Waals surface area contributed by atoms with Crippen molar-refractivity contribution in [2.24, 2.45) is 0 Å². The first-order valence-corrected chi connectivity index (χ1v) is 11.2. The summed E-state index contributed by atoms with van der Waals surface area (Å²) in [5.41, 5.74) is 2.48. The lowest BCUT2D eigenvalue weighted by molar-refractivity contribution is 0.306. The van der Waals surface area contributed by atoms with E-state index in [9.17, 15) is 8.42 Å². The minimum absolute atomic E-state index is 0.0301. The van der Waals surface area contributed by atoms with E-state index in [4.69, 9.17) is 4.74 Å². The van der Waals surface area contributed by atoms with Crippen molar-refractivity contribution in [1.82, 2.24) is 24.5 Å². The Morgan fingerprint density at radius 2 is 1.63 bits per heavy atom. The number of nitrogens with one attached hydrogen (secondary N) is 1. The summed E-state index contributed by atoms with van der Waals surface area (Å²) in [7, 11) is -3.38. The van der Waals surface area contributed by atoms with Gasteiger partial charge in [0, 0.05) is 18.2 Å². The van der Waals surface area contributed by atoms with Crippen molar-refractivity contribution in [3.05, 3.63) is 78.4 Å². The minimum atomic E-state index is -3.38. The van der Waals surface area contributed by atoms with Crippen LogP contribution in [0.25, 0.3) is 17.0 Å². The maximum absolute atomic E-state index is 12.2. The number of hydrogen-bond donors (Lipinski definition) is 1. The van der Waals surface area contributed by atoms with Crippen molar-refractivity contribution in [3.63, 3.8) is 0 Å². The molecule has 1 N–H and O–H groups in total. The second kappa shape index (κ2) is 9.02. The summed E-state index contributed by atoms with van der Waals surface area (Å²) in [6.45, 7) is 0.316. The third-order valence-corrected chi connectivity index (χ3v) is 5.83. The largest absolute Gasteiger partial charge is 0.475 e. The Morgan fingerprint density at radius 3 is 2.40 bits per heavy atom. The zero-order valence-corrected chi connectivity index (χ0v) is 17.0. The molecule has 0 bridgehead atoms. The Bertz CT molecular complexity index is 1210. The summed E-state index contributed by atoms with van der Waals surface area (Å²) in [4.78, 5) is 0. The van der Waals surface area contributed by atoms with Gasteiger partial charge in [-0.05, 0) is 18.1 Å². The predicted molar refractivity (Wildman–Crippen MR) is 114 cm³/mol. The van der Waals surface area contributed by atoms with Gasteiger partial charge < -0.3 is 4.74 Å². The molecule has 0 unspecified atom stereocenters. The van der Waals surface area contributed by atoms with Gasteiger partial charge in [0.15, 0.2) is 11.5 Å². The van der Waals surface area contributed by atoms with E-state index in [1.54, 1.807) is 16.6 Å². The van der Waals surface area contributed by atoms with Crippen LogP contribution in [0.4, 0.5) is 0 Å². The third-order valence-electron chi connectivity index (χ3n) is 4.45. The Balaban J connectivity index is 1.33. The van der Waals surface area contributed by atoms with Crippen LogP contribution < -0.4 is 9.46 Å². The Labute approximate surface area is 174 Å². The molecule has 0 aliphatic heterocycles. The van der Waals surface area contributed by atoms with Gasteiger partial charge in [0.25, 0.3) is 0 Å². The second-order valence-corrected chi connectivity index (χ2v) is 8.55. The van der Waals surface area contributed by atoms with Gasteiger partial charge in [-0.2, -0.15) is 4.52 Å². The molecular formula is C21H21N5O3S. The molecule has 4 aromatic rings. The fourth-order valence-corrected chi connectivity index (χ4v) is 3.98. The molecule has 0 spiro atoms. The van der Waals surface area contributed by atoms with E-state index in [2.05, 4.69) is 20.0 Å². The lowest BCUT2D eigenvalue weighted by Gasteiger charge is -2.08. The van der Waals surface area contributed by atoms with Crippen LogP contribution in [0, 0.1) is 0 Å². The van der Waals surface area contributed by atoms with Gasteiger partial charge in [0.05, 0.1) is 5.75 Å². The monoisotopic (exact) mass is 423 g/mol. The molecule has 0 amide bonds. The van der Waals surface area contributed by atoms with Crippen LogP contribution in [-0.2, 0) is 16.4 Å². The van der Waals surface area contributed by atoms with E-state index in [0.717, 1.165) is 11.1 Å². The maximum Gasteiger partial charge on any atom is 0.231 e. The van der Waals surface area contributed by atoms with Crippen molar-refractivity contribution >= 4 is 15.7 Å². The average Bonchev–Trinajstić information content (AvgIpc) is 3.20. The van der Waals surface area contributed by atoms with Crippen molar-refractivity contribution in [1.29, 1.82) is 0 Å². The van der Waals surface area contributed by atoms with Gasteiger partial charge >= 0.3 is 0 Å². The van der Waals surface area contributed by atoms with Crippen LogP contribution in [0.15, 0.2) is 72.8 Å². The standard InChI is InChI=1S/C21H21N5O3S/c27-30(28,16-13-17-7-3-1-4-8-17)22-14-15-29-20-12-11-19-23-24-21(26(19)25-20)18-9-5-2-6-10-18/h1-12,22H,13-16H2. The van der Waals surface area contributed by atoms with Crippen LogP contribution in [0.2, 0.25) is 0 Å². The highest BCUT2D eigenvalue weighted by Gasteiger charge is 2.12. The highest BCUT2D eigenvalue weighted by atomic mass is 32.2. The summed E-state index contributed by atoms with van der Waals surface area (Å²) in [6, 6.07) is 22.6. The first-order chi connectivity index (χ1) is 14.6. The molecule has 0 aliphatic rings. The number of fused-ring (bicyclic) bond motifs is 1. The normalized spacial score (nSPS) is 11.6. The van der Waals surface area contributed by atoms with Crippen LogP contribution in [-0.4, -0.2) is 47.1 Å². The highest BCUT2D eigenvalue weighted by molar-refractivity contribution is 7.89. The topological polar surface area (TPSA) is 98.5 Å². The first kappa shape index (κ1) is 20.0. The number of rotatable bonds is 9. The summed E-state index contributed by atoms with van der Waals surface area (Å²) in [5, 5.41) is 12.7. The number of nitrogens with zero attached hydrogens (tertiary/aromatic N) is 4. The van der Waals surface area contributed by atoms with Crippen molar-refractivity contribution in [2.75, 3.05) is 18.9 Å². The average molecular weight is 423 g/mol. The second-order valence-electron chi connectivity index (χ2n) is 6.63. The van der Waals surface area contributed by atoms with E-state index in [-0.39, 0.29) is 18.9 Å². The zero-order valence-electron chi connectivity index (χ0n) is 16.2. The molecule has 2 aromatic carbocycles. The molecule has 0 saturated heterocycles. The van der Waals surface area contributed by atoms with Crippen LogP contribution in [0.5, 0.6) is 5.88 Å². The number of aromatic nitrogens is 4. The fraction of sp³-hybridized carbons (Fsp3) is 0.190. The Kier molecular flexibility index (Phi) is 6.01. The first-order valence-electron chi connectivity index (χ1n) is 9.53. The van der Waals surface area contributed by atoms with Gasteiger partial charge in [-0.15, -0.1) is 15.3 Å². The molecule has 0 fully saturated rings. The van der Waals surface area contributed by atoms with E-state index < -0.39 is 10.0 Å². The number of hydrogen-bond acceptors (Lipinski definition) is 6. The van der Waals surface area contributed by atoms with Crippen molar-refractivity contribution in [2.45, 2.75) is 6.42 Å². The molecular weight excluding hydrogens is 402 g/mol. The van der Waals surface area contributed by atoms with Gasteiger partial charge in [0.2, 0.25) is 15.9 Å². The van der Waals surface area contributed by atoms with Gasteiger partial charge in [-0.1, -0.05) is 60.7 Å². The number of benzene rings is 2. The molecule has 30 heavy (non-hydrogen) atoms. The zero-order chi connectivity index (χ0) is 20.8. The third kappa shape index (κ3) is 5.00. The van der Waals surface area contributed by atoms with Gasteiger partial charge in [-0.25, -0.2) is 13.1 Å². The predicted octanol–water partition coefficient (Wildman–Crippen LogP) is 2.33. The summed E-state index contributed by atoms with van der Waals surface area (Å²) >= 11 is 0. The van der Waals surface area contributed by atoms with Crippen molar-refractivity contribution < 1.29 is 13.2 Å². The maximum atomic E-state index is 12.2. The SMILES string of the molecule is O=S(=O)(CCc1ccccc1)NCCOc1ccc2nnc(-c3ccccc3)n2n1. The number of aryl methyl sites for hydroxylation is 1. The molecule has 4 rings (SSSR count). The number of ether oxygens (including phenoxy) is 1. The van der Waals surface area contributed by atoms with E-state index in [1.165, 1.54) is 0 Å². The fourth-order valence-electron chi connectivity index (χ4n) is 2.94. The van der Waals surface area contributed by atoms with E-state index in [0.29, 0.717) is 23.8 Å². The molecule has 0 radical (unpaired) electrons. The molecule has 8 nitrogen and oxygen atoms in total. The Morgan fingerprint density at radius 1 is 0.900 bits per heavy atom. The van der Waals surface area contributed by atoms with Gasteiger partial charge in [0.1, 0.15) is 6.61 Å². The Hall–Kier alpha value is -3.30. The van der Waals surface area contributed by atoms with Crippen molar-refractivity contribution in [3.8, 4) is 17.3 Å². The molecule has 0 aliphatic carbocycles. The lowest BCUT2D eigenvalue weighted by atomic mass is 10.2. The summed E-state index contributed by atoms with van der Waals surface area (Å²) in [6.07, 6.45) is 0.463. The highest BCUT2D eigenvalue weighted by Crippen LogP contribution is 2.18. The quantitative estimate of drug-likeness (QED) is 0.415. The van der Waals surface area contributed by atoms with Crippen LogP contribution in [0.1, 0.15) is 5.56 Å². The van der Waals surface area contributed by atoms with Crippen LogP contribution in [0.3, 0.4) is 0 Å². The molecule has 154 valence electrons. The van der Waals surface area contributed by atoms with Crippen LogP contribution >= 0.6 is 0 Å².